The van der Waals surface area contributed by atoms with E-state index in [0.29, 0.717) is 0 Å². The molecule has 0 amide bonds. The highest BCUT2D eigenvalue weighted by molar-refractivity contribution is 5.75. The van der Waals surface area contributed by atoms with Crippen molar-refractivity contribution in [3.63, 3.8) is 0 Å². The minimum absolute atomic E-state index is 0.942. The monoisotopic (exact) mass is 222 g/mol. The van der Waals surface area contributed by atoms with E-state index in [4.69, 9.17) is 9.47 Å². The molecule has 1 saturated heterocycles. The van der Waals surface area contributed by atoms with Gasteiger partial charge in [-0.25, -0.2) is 4.79 Å². The molecule has 3 N–H and O–H groups in total. The zero-order chi connectivity index (χ0) is 11.6. The van der Waals surface area contributed by atoms with Crippen molar-refractivity contribution in [1.29, 1.82) is 0 Å². The van der Waals surface area contributed by atoms with Crippen LogP contribution in [0.2, 0.25) is 0 Å². The lowest BCUT2D eigenvalue weighted by atomic mass is 10.1. The molecule has 0 spiro atoms. The first-order chi connectivity index (χ1) is 7.02. The molecule has 1 aliphatic rings. The standard InChI is InChI=1S/C8H14O7/c1-13-7(12)5(11)6-3(9)4(10)8(14-2)15-6/h3-6,8-11H,1-2H3/t3-,4+,5-,6-,8?/m0/s1. The van der Waals surface area contributed by atoms with E-state index in [9.17, 15) is 20.1 Å². The number of aliphatic hydroxyl groups is 3. The molecule has 1 heterocycles. The Morgan fingerprint density at radius 1 is 1.33 bits per heavy atom. The second-order valence-corrected chi connectivity index (χ2v) is 3.15. The summed E-state index contributed by atoms with van der Waals surface area (Å²) in [4.78, 5) is 11.0. The highest BCUT2D eigenvalue weighted by atomic mass is 16.7. The summed E-state index contributed by atoms with van der Waals surface area (Å²) in [5.41, 5.74) is 0. The van der Waals surface area contributed by atoms with Gasteiger partial charge in [0.05, 0.1) is 7.11 Å². The Kier molecular flexibility index (Phi) is 4.00. The zero-order valence-electron chi connectivity index (χ0n) is 8.36. The van der Waals surface area contributed by atoms with E-state index in [1.165, 1.54) is 7.11 Å². The van der Waals surface area contributed by atoms with Crippen LogP contribution in [-0.2, 0) is 19.0 Å². The van der Waals surface area contributed by atoms with Crippen LogP contribution in [0.25, 0.3) is 0 Å². The van der Waals surface area contributed by atoms with Gasteiger partial charge in [-0.2, -0.15) is 0 Å². The van der Waals surface area contributed by atoms with E-state index >= 15 is 0 Å². The number of rotatable bonds is 3. The quantitative estimate of drug-likeness (QED) is 0.457. The number of esters is 1. The number of carbonyl (C=O) groups excluding carboxylic acids is 1. The highest BCUT2D eigenvalue weighted by Gasteiger charge is 2.48. The van der Waals surface area contributed by atoms with Crippen LogP contribution in [0.4, 0.5) is 0 Å². The van der Waals surface area contributed by atoms with E-state index < -0.39 is 36.7 Å². The minimum Gasteiger partial charge on any atom is -0.467 e. The Balaban J connectivity index is 2.68. The van der Waals surface area contributed by atoms with Crippen molar-refractivity contribution in [3.05, 3.63) is 0 Å². The van der Waals surface area contributed by atoms with Crippen molar-refractivity contribution in [2.75, 3.05) is 14.2 Å². The van der Waals surface area contributed by atoms with Gasteiger partial charge in [0.15, 0.2) is 12.4 Å². The van der Waals surface area contributed by atoms with Crippen LogP contribution in [0, 0.1) is 0 Å². The predicted molar refractivity (Wildman–Crippen MR) is 45.7 cm³/mol. The Morgan fingerprint density at radius 3 is 2.33 bits per heavy atom. The summed E-state index contributed by atoms with van der Waals surface area (Å²) in [5, 5.41) is 28.2. The Labute approximate surface area is 86.2 Å². The molecule has 0 saturated carbocycles. The first-order valence-electron chi connectivity index (χ1n) is 4.33. The second kappa shape index (κ2) is 4.86. The van der Waals surface area contributed by atoms with Crippen molar-refractivity contribution in [1.82, 2.24) is 0 Å². The van der Waals surface area contributed by atoms with Gasteiger partial charge in [-0.1, -0.05) is 0 Å². The topological polar surface area (TPSA) is 105 Å². The molecule has 1 unspecified atom stereocenters. The van der Waals surface area contributed by atoms with Crippen LogP contribution in [0.5, 0.6) is 0 Å². The van der Waals surface area contributed by atoms with Crippen LogP contribution in [0.3, 0.4) is 0 Å². The van der Waals surface area contributed by atoms with Crippen molar-refractivity contribution in [3.8, 4) is 0 Å². The first-order valence-corrected chi connectivity index (χ1v) is 4.33. The van der Waals surface area contributed by atoms with E-state index in [-0.39, 0.29) is 0 Å². The first kappa shape index (κ1) is 12.3. The largest absolute Gasteiger partial charge is 0.467 e. The van der Waals surface area contributed by atoms with Crippen LogP contribution >= 0.6 is 0 Å². The molecule has 15 heavy (non-hydrogen) atoms. The van der Waals surface area contributed by atoms with Gasteiger partial charge >= 0.3 is 5.97 Å². The summed E-state index contributed by atoms with van der Waals surface area (Å²) < 4.78 is 13.9. The molecule has 1 aliphatic heterocycles. The molecule has 5 atom stereocenters. The summed E-state index contributed by atoms with van der Waals surface area (Å²) in [6, 6.07) is 0. The Morgan fingerprint density at radius 2 is 1.93 bits per heavy atom. The van der Waals surface area contributed by atoms with Gasteiger partial charge in [-0.3, -0.25) is 0 Å². The number of hydrogen-bond donors (Lipinski definition) is 3. The fourth-order valence-electron chi connectivity index (χ4n) is 1.38. The lowest BCUT2D eigenvalue weighted by Crippen LogP contribution is -2.43. The summed E-state index contributed by atoms with van der Waals surface area (Å²) >= 11 is 0. The van der Waals surface area contributed by atoms with Gasteiger partial charge in [0.25, 0.3) is 0 Å². The van der Waals surface area contributed by atoms with Crippen molar-refractivity contribution >= 4 is 5.97 Å². The zero-order valence-corrected chi connectivity index (χ0v) is 8.36. The number of carbonyl (C=O) groups is 1. The van der Waals surface area contributed by atoms with Gasteiger partial charge in [-0.05, 0) is 0 Å². The lowest BCUT2D eigenvalue weighted by molar-refractivity contribution is -0.179. The smallest absolute Gasteiger partial charge is 0.337 e. The molecular formula is C8H14O7. The van der Waals surface area contributed by atoms with Crippen molar-refractivity contribution in [2.24, 2.45) is 0 Å². The van der Waals surface area contributed by atoms with Crippen LogP contribution in [-0.4, -0.2) is 66.2 Å². The Bertz CT molecular complexity index is 231. The van der Waals surface area contributed by atoms with Gasteiger partial charge in [0.2, 0.25) is 0 Å². The van der Waals surface area contributed by atoms with Crippen molar-refractivity contribution < 1.29 is 34.3 Å². The fraction of sp³-hybridized carbons (Fsp3) is 0.875. The van der Waals surface area contributed by atoms with Crippen LogP contribution < -0.4 is 0 Å². The van der Waals surface area contributed by atoms with Crippen molar-refractivity contribution in [2.45, 2.75) is 30.7 Å². The van der Waals surface area contributed by atoms with Crippen LogP contribution in [0.15, 0.2) is 0 Å². The third kappa shape index (κ3) is 2.27. The average molecular weight is 222 g/mol. The second-order valence-electron chi connectivity index (χ2n) is 3.15. The molecule has 0 bridgehead atoms. The summed E-state index contributed by atoms with van der Waals surface area (Å²) in [6.07, 6.45) is -6.68. The molecule has 0 radical (unpaired) electrons. The molecular weight excluding hydrogens is 208 g/mol. The SMILES string of the molecule is COC(=O)[C@@H](O)[C@H]1OC(OC)[C@H](O)[C@@H]1O. The molecule has 88 valence electrons. The number of aliphatic hydroxyl groups excluding tert-OH is 3. The van der Waals surface area contributed by atoms with E-state index in [0.717, 1.165) is 7.11 Å². The number of ether oxygens (including phenoxy) is 3. The van der Waals surface area contributed by atoms with Gasteiger partial charge < -0.3 is 29.5 Å². The molecule has 7 nitrogen and oxygen atoms in total. The van der Waals surface area contributed by atoms with Gasteiger partial charge in [0, 0.05) is 7.11 Å². The van der Waals surface area contributed by atoms with Crippen LogP contribution in [0.1, 0.15) is 0 Å². The number of methoxy groups -OCH3 is 2. The van der Waals surface area contributed by atoms with E-state index in [1.54, 1.807) is 0 Å². The molecule has 0 aliphatic carbocycles. The Hall–Kier alpha value is -0.730. The van der Waals surface area contributed by atoms with Gasteiger partial charge in [0.1, 0.15) is 18.3 Å². The molecule has 0 aromatic heterocycles. The van der Waals surface area contributed by atoms with Gasteiger partial charge in [-0.15, -0.1) is 0 Å². The van der Waals surface area contributed by atoms with E-state index in [2.05, 4.69) is 4.74 Å². The summed E-state index contributed by atoms with van der Waals surface area (Å²) in [5.74, 6) is -0.942. The normalized spacial score (nSPS) is 37.7. The fourth-order valence-corrected chi connectivity index (χ4v) is 1.38. The molecule has 0 aromatic rings. The minimum atomic E-state index is -1.65. The summed E-state index contributed by atoms with van der Waals surface area (Å²) in [7, 11) is 2.37. The molecule has 1 rings (SSSR count). The lowest BCUT2D eigenvalue weighted by Gasteiger charge is -2.18. The third-order valence-electron chi connectivity index (χ3n) is 2.24. The summed E-state index contributed by atoms with van der Waals surface area (Å²) in [6.45, 7) is 0. The molecule has 7 heteroatoms. The predicted octanol–water partition coefficient (Wildman–Crippen LogP) is -2.39. The van der Waals surface area contributed by atoms with E-state index in [1.807, 2.05) is 0 Å². The maximum absolute atomic E-state index is 11.0. The molecule has 1 fully saturated rings. The maximum Gasteiger partial charge on any atom is 0.337 e. The third-order valence-corrected chi connectivity index (χ3v) is 2.24. The highest BCUT2D eigenvalue weighted by Crippen LogP contribution is 2.24. The average Bonchev–Trinajstić information content (AvgIpc) is 2.54. The maximum atomic E-state index is 11.0. The molecule has 0 aromatic carbocycles. The number of hydrogen-bond acceptors (Lipinski definition) is 7.